The van der Waals surface area contributed by atoms with Crippen molar-refractivity contribution in [3.63, 3.8) is 0 Å². The number of nitrogens with zero attached hydrogens (tertiary/aromatic N) is 3. The minimum Gasteiger partial charge on any atom is -0.374 e. The zero-order valence-electron chi connectivity index (χ0n) is 20.9. The van der Waals surface area contributed by atoms with Crippen LogP contribution in [0.15, 0.2) is 53.1 Å². The molecule has 9 nitrogen and oxygen atoms in total. The van der Waals surface area contributed by atoms with E-state index < -0.39 is 21.4 Å². The van der Waals surface area contributed by atoms with Crippen molar-refractivity contribution in [3.8, 4) is 17.0 Å². The fourth-order valence-electron chi connectivity index (χ4n) is 4.21. The summed E-state index contributed by atoms with van der Waals surface area (Å²) in [6, 6.07) is 13.0. The normalized spacial score (nSPS) is 14.8. The quantitative estimate of drug-likeness (QED) is 0.222. The molecule has 0 saturated carbocycles. The minimum absolute atomic E-state index is 0.167. The zero-order valence-corrected chi connectivity index (χ0v) is 22.4. The first kappa shape index (κ1) is 28.7. The van der Waals surface area contributed by atoms with E-state index in [1.54, 1.807) is 11.8 Å². The summed E-state index contributed by atoms with van der Waals surface area (Å²) in [5, 5.41) is 7.17. The van der Waals surface area contributed by atoms with Crippen molar-refractivity contribution < 1.29 is 35.1 Å². The van der Waals surface area contributed by atoms with E-state index in [0.29, 0.717) is 62.7 Å². The van der Waals surface area contributed by atoms with Gasteiger partial charge in [0.05, 0.1) is 5.69 Å². The highest BCUT2D eigenvalue weighted by Crippen LogP contribution is 2.36. The summed E-state index contributed by atoms with van der Waals surface area (Å²) < 4.78 is 71.2. The van der Waals surface area contributed by atoms with Gasteiger partial charge in [0.1, 0.15) is 17.0 Å². The van der Waals surface area contributed by atoms with Crippen LogP contribution >= 0.6 is 11.6 Å². The molecule has 1 N–H and O–H groups in total. The van der Waals surface area contributed by atoms with Crippen molar-refractivity contribution in [3.05, 3.63) is 64.9 Å². The van der Waals surface area contributed by atoms with Crippen molar-refractivity contribution in [1.29, 1.82) is 0 Å². The standard InChI is InChI=1S/C25H26ClF3N4O5S/c1-17-22(23(31-37-17)18-6-3-2-4-7-18)24(34)30-10-5-11-32-12-14-33(15-13-32)20-16-19(26)8-9-21(20)38-39(35,36)25(27,28)29/h2-4,6-9,16H,5,10-15H2,1H3,(H,30,34). The van der Waals surface area contributed by atoms with Gasteiger partial charge >= 0.3 is 15.6 Å². The molecule has 2 aromatic carbocycles. The maximum Gasteiger partial charge on any atom is 0.534 e. The lowest BCUT2D eigenvalue weighted by Gasteiger charge is -2.36. The second-order valence-corrected chi connectivity index (χ2v) is 10.8. The van der Waals surface area contributed by atoms with Gasteiger partial charge < -0.3 is 18.9 Å². The van der Waals surface area contributed by atoms with Gasteiger partial charge in [0, 0.05) is 43.3 Å². The van der Waals surface area contributed by atoms with Gasteiger partial charge in [0.25, 0.3) is 5.91 Å². The molecule has 39 heavy (non-hydrogen) atoms. The van der Waals surface area contributed by atoms with Gasteiger partial charge in [-0.05, 0) is 38.1 Å². The molecule has 0 aliphatic carbocycles. The molecule has 0 radical (unpaired) electrons. The molecule has 4 rings (SSSR count). The molecule has 1 aliphatic heterocycles. The van der Waals surface area contributed by atoms with Crippen LogP contribution in [0.4, 0.5) is 18.9 Å². The fourth-order valence-corrected chi connectivity index (χ4v) is 4.85. The second kappa shape index (κ2) is 11.8. The van der Waals surface area contributed by atoms with Gasteiger partial charge in [-0.3, -0.25) is 9.69 Å². The molecule has 0 atom stereocenters. The summed E-state index contributed by atoms with van der Waals surface area (Å²) in [6.07, 6.45) is 0.659. The Labute approximate surface area is 228 Å². The molecule has 2 heterocycles. The number of amides is 1. The van der Waals surface area contributed by atoms with Gasteiger partial charge in [-0.25, -0.2) is 0 Å². The van der Waals surface area contributed by atoms with Crippen LogP contribution in [-0.2, 0) is 10.1 Å². The largest absolute Gasteiger partial charge is 0.534 e. The number of carbonyl (C=O) groups is 1. The van der Waals surface area contributed by atoms with Crippen molar-refractivity contribution in [2.24, 2.45) is 0 Å². The Hall–Kier alpha value is -3.29. The van der Waals surface area contributed by atoms with E-state index in [4.69, 9.17) is 16.1 Å². The van der Waals surface area contributed by atoms with Crippen LogP contribution < -0.4 is 14.4 Å². The molecule has 1 saturated heterocycles. The Kier molecular flexibility index (Phi) is 8.72. The molecule has 1 fully saturated rings. The number of hydrogen-bond acceptors (Lipinski definition) is 8. The first-order chi connectivity index (χ1) is 18.5. The lowest BCUT2D eigenvalue weighted by Crippen LogP contribution is -2.47. The number of halogens is 4. The van der Waals surface area contributed by atoms with Crippen LogP contribution in [0.25, 0.3) is 11.3 Å². The molecular weight excluding hydrogens is 561 g/mol. The molecule has 1 amide bonds. The molecule has 0 spiro atoms. The first-order valence-electron chi connectivity index (χ1n) is 12.0. The number of rotatable bonds is 9. The molecular formula is C25H26ClF3N4O5S. The van der Waals surface area contributed by atoms with E-state index in [2.05, 4.69) is 19.6 Å². The van der Waals surface area contributed by atoms with Gasteiger partial charge in [-0.15, -0.1) is 0 Å². The predicted molar refractivity (Wildman–Crippen MR) is 139 cm³/mol. The lowest BCUT2D eigenvalue weighted by atomic mass is 10.1. The maximum absolute atomic E-state index is 12.8. The van der Waals surface area contributed by atoms with E-state index in [9.17, 15) is 26.4 Å². The predicted octanol–water partition coefficient (Wildman–Crippen LogP) is 4.47. The van der Waals surface area contributed by atoms with E-state index in [1.807, 2.05) is 30.3 Å². The summed E-state index contributed by atoms with van der Waals surface area (Å²) in [6.45, 7) is 4.72. The van der Waals surface area contributed by atoms with Gasteiger partial charge in [-0.1, -0.05) is 47.1 Å². The third-order valence-electron chi connectivity index (χ3n) is 6.19. The maximum atomic E-state index is 12.8. The smallest absolute Gasteiger partial charge is 0.374 e. The number of carbonyl (C=O) groups excluding carboxylic acids is 1. The monoisotopic (exact) mass is 586 g/mol. The summed E-state index contributed by atoms with van der Waals surface area (Å²) in [4.78, 5) is 16.7. The van der Waals surface area contributed by atoms with E-state index in [-0.39, 0.29) is 16.6 Å². The number of hydrogen-bond donors (Lipinski definition) is 1. The van der Waals surface area contributed by atoms with Crippen LogP contribution in [0.1, 0.15) is 22.5 Å². The SMILES string of the molecule is Cc1onc(-c2ccccc2)c1C(=O)NCCCN1CCN(c2cc(Cl)ccc2OS(=O)(=O)C(F)(F)F)CC1. The number of aromatic nitrogens is 1. The molecule has 14 heteroatoms. The van der Waals surface area contributed by atoms with Crippen LogP contribution in [0.2, 0.25) is 5.02 Å². The molecule has 3 aromatic rings. The van der Waals surface area contributed by atoms with Crippen molar-refractivity contribution in [2.75, 3.05) is 44.2 Å². The van der Waals surface area contributed by atoms with Gasteiger partial charge in [0.15, 0.2) is 5.75 Å². The van der Waals surface area contributed by atoms with Crippen molar-refractivity contribution in [2.45, 2.75) is 18.9 Å². The second-order valence-electron chi connectivity index (χ2n) is 8.86. The van der Waals surface area contributed by atoms with Crippen LogP contribution in [0, 0.1) is 6.92 Å². The van der Waals surface area contributed by atoms with Crippen LogP contribution in [0.3, 0.4) is 0 Å². The average Bonchev–Trinajstić information content (AvgIpc) is 3.29. The number of nitrogens with one attached hydrogen (secondary N) is 1. The van der Waals surface area contributed by atoms with Crippen molar-refractivity contribution >= 4 is 33.3 Å². The Morgan fingerprint density at radius 2 is 1.82 bits per heavy atom. The summed E-state index contributed by atoms with van der Waals surface area (Å²) >= 11 is 6.02. The van der Waals surface area contributed by atoms with Gasteiger partial charge in [0.2, 0.25) is 0 Å². The van der Waals surface area contributed by atoms with Crippen molar-refractivity contribution in [1.82, 2.24) is 15.4 Å². The summed E-state index contributed by atoms with van der Waals surface area (Å²) in [5.74, 6) is -0.290. The topological polar surface area (TPSA) is 105 Å². The number of piperazine rings is 1. The highest BCUT2D eigenvalue weighted by molar-refractivity contribution is 7.88. The summed E-state index contributed by atoms with van der Waals surface area (Å²) in [7, 11) is -5.82. The van der Waals surface area contributed by atoms with E-state index in [0.717, 1.165) is 11.6 Å². The highest BCUT2D eigenvalue weighted by Gasteiger charge is 2.49. The lowest BCUT2D eigenvalue weighted by molar-refractivity contribution is -0.0499. The minimum atomic E-state index is -5.82. The van der Waals surface area contributed by atoms with Crippen LogP contribution in [0.5, 0.6) is 5.75 Å². The number of aryl methyl sites for hydroxylation is 1. The van der Waals surface area contributed by atoms with E-state index in [1.165, 1.54) is 12.1 Å². The van der Waals surface area contributed by atoms with Crippen LogP contribution in [-0.4, -0.2) is 69.2 Å². The third-order valence-corrected chi connectivity index (χ3v) is 7.39. The average molecular weight is 587 g/mol. The first-order valence-corrected chi connectivity index (χ1v) is 13.8. The molecule has 0 unspecified atom stereocenters. The van der Waals surface area contributed by atoms with Gasteiger partial charge in [-0.2, -0.15) is 21.6 Å². The Bertz CT molecular complexity index is 1410. The third kappa shape index (κ3) is 6.84. The number of anilines is 1. The summed E-state index contributed by atoms with van der Waals surface area (Å²) in [5.41, 5.74) is -3.73. The Morgan fingerprint density at radius 3 is 2.49 bits per heavy atom. The fraction of sp³-hybridized carbons (Fsp3) is 0.360. The molecule has 210 valence electrons. The zero-order chi connectivity index (χ0) is 28.2. The molecule has 1 aromatic heterocycles. The number of benzene rings is 2. The Balaban J connectivity index is 1.29. The highest BCUT2D eigenvalue weighted by atomic mass is 35.5. The number of alkyl halides is 3. The Morgan fingerprint density at radius 1 is 1.13 bits per heavy atom. The molecule has 1 aliphatic rings. The van der Waals surface area contributed by atoms with E-state index >= 15 is 0 Å². The molecule has 0 bridgehead atoms.